The zero-order valence-corrected chi connectivity index (χ0v) is 8.26. The highest BCUT2D eigenvalue weighted by molar-refractivity contribution is 6.19. The van der Waals surface area contributed by atoms with Gasteiger partial charge in [0.05, 0.1) is 12.5 Å². The quantitative estimate of drug-likeness (QED) is 0.702. The lowest BCUT2D eigenvalue weighted by Crippen LogP contribution is -1.88. The summed E-state index contributed by atoms with van der Waals surface area (Å²) in [5.41, 5.74) is 1.18. The molecule has 0 spiro atoms. The van der Waals surface area contributed by atoms with Crippen LogP contribution in [0.3, 0.4) is 0 Å². The molecule has 0 aliphatic heterocycles. The van der Waals surface area contributed by atoms with Crippen LogP contribution in [0.5, 0.6) is 0 Å². The van der Waals surface area contributed by atoms with E-state index in [0.717, 1.165) is 5.56 Å². The summed E-state index contributed by atoms with van der Waals surface area (Å²) in [6.45, 7) is 0. The molecule has 72 valence electrons. The lowest BCUT2D eigenvalue weighted by molar-refractivity contribution is 0.615. The highest BCUT2D eigenvalue weighted by Gasteiger charge is 2.00. The summed E-state index contributed by atoms with van der Waals surface area (Å²) in [6, 6.07) is 6.69. The highest BCUT2D eigenvalue weighted by Crippen LogP contribution is 2.12. The van der Waals surface area contributed by atoms with E-state index in [4.69, 9.17) is 16.9 Å². The summed E-state index contributed by atoms with van der Waals surface area (Å²) >= 11 is 5.45. The molecule has 0 heterocycles. The molecule has 1 nitrogen and oxygen atoms in total. The second-order valence-corrected chi connectivity index (χ2v) is 3.05. The molecule has 0 bridgehead atoms. The number of nitriles is 1. The molecule has 0 N–H and O–H groups in total. The summed E-state index contributed by atoms with van der Waals surface area (Å²) in [7, 11) is 0. The van der Waals surface area contributed by atoms with Gasteiger partial charge in [0, 0.05) is 11.4 Å². The largest absolute Gasteiger partial charge is 0.207 e. The molecule has 0 radical (unpaired) electrons. The Morgan fingerprint density at radius 2 is 2.29 bits per heavy atom. The van der Waals surface area contributed by atoms with E-state index in [1.165, 1.54) is 6.07 Å². The predicted molar refractivity (Wildman–Crippen MR) is 55.5 cm³/mol. The maximum atomic E-state index is 13.2. The zero-order valence-electron chi connectivity index (χ0n) is 7.50. The van der Waals surface area contributed by atoms with Crippen LogP contribution in [0.4, 0.5) is 4.39 Å². The normalized spacial score (nSPS) is 10.4. The molecule has 1 aromatic rings. The van der Waals surface area contributed by atoms with Crippen LogP contribution < -0.4 is 0 Å². The number of alkyl halides is 1. The van der Waals surface area contributed by atoms with Gasteiger partial charge < -0.3 is 0 Å². The van der Waals surface area contributed by atoms with E-state index in [9.17, 15) is 4.39 Å². The summed E-state index contributed by atoms with van der Waals surface area (Å²) in [5, 5.41) is 8.41. The van der Waals surface area contributed by atoms with E-state index in [2.05, 4.69) is 0 Å². The van der Waals surface area contributed by atoms with Crippen molar-refractivity contribution in [1.82, 2.24) is 0 Å². The Hall–Kier alpha value is -1.33. The van der Waals surface area contributed by atoms with E-state index in [1.807, 2.05) is 6.07 Å². The molecule has 1 rings (SSSR count). The monoisotopic (exact) mass is 209 g/mol. The Morgan fingerprint density at radius 3 is 2.86 bits per heavy atom. The molecule has 0 unspecified atom stereocenters. The first kappa shape index (κ1) is 10.7. The SMILES string of the molecule is N#CCc1ccc(C=CCCl)cc1F. The molecule has 0 saturated heterocycles. The van der Waals surface area contributed by atoms with Gasteiger partial charge in [0.1, 0.15) is 5.82 Å². The molecule has 0 atom stereocenters. The molecule has 0 aromatic heterocycles. The third-order valence-electron chi connectivity index (χ3n) is 1.75. The van der Waals surface area contributed by atoms with Crippen molar-refractivity contribution in [3.05, 3.63) is 41.2 Å². The lowest BCUT2D eigenvalue weighted by atomic mass is 10.1. The molecule has 0 aliphatic rings. The van der Waals surface area contributed by atoms with Gasteiger partial charge in [-0.2, -0.15) is 5.26 Å². The van der Waals surface area contributed by atoms with Gasteiger partial charge in [0.2, 0.25) is 0 Å². The van der Waals surface area contributed by atoms with Crippen molar-refractivity contribution in [3.63, 3.8) is 0 Å². The number of benzene rings is 1. The van der Waals surface area contributed by atoms with Crippen LogP contribution in [0.1, 0.15) is 11.1 Å². The van der Waals surface area contributed by atoms with Gasteiger partial charge in [-0.25, -0.2) is 4.39 Å². The van der Waals surface area contributed by atoms with E-state index in [-0.39, 0.29) is 12.2 Å². The van der Waals surface area contributed by atoms with Gasteiger partial charge in [0.25, 0.3) is 0 Å². The third-order valence-corrected chi connectivity index (χ3v) is 1.92. The second kappa shape index (κ2) is 5.41. The number of rotatable bonds is 3. The van der Waals surface area contributed by atoms with E-state index >= 15 is 0 Å². The Labute approximate surface area is 87.4 Å². The molecule has 3 heteroatoms. The standard InChI is InChI=1S/C11H9ClFN/c12-6-1-2-9-3-4-10(5-7-14)11(13)8-9/h1-4,8H,5-6H2. The van der Waals surface area contributed by atoms with Gasteiger partial charge in [-0.05, 0) is 11.6 Å². The molecular weight excluding hydrogens is 201 g/mol. The minimum Gasteiger partial charge on any atom is -0.207 e. The average Bonchev–Trinajstić information content (AvgIpc) is 2.19. The van der Waals surface area contributed by atoms with Gasteiger partial charge >= 0.3 is 0 Å². The highest BCUT2D eigenvalue weighted by atomic mass is 35.5. The summed E-state index contributed by atoms with van der Waals surface area (Å²) in [5.74, 6) is 0.0601. The molecular formula is C11H9ClFN. The first-order chi connectivity index (χ1) is 6.77. The van der Waals surface area contributed by atoms with E-state index in [0.29, 0.717) is 11.4 Å². The van der Waals surface area contributed by atoms with Gasteiger partial charge in [-0.1, -0.05) is 24.3 Å². The van der Waals surface area contributed by atoms with Gasteiger partial charge in [-0.15, -0.1) is 11.6 Å². The van der Waals surface area contributed by atoms with E-state index < -0.39 is 0 Å². The predicted octanol–water partition coefficient (Wildman–Crippen LogP) is 3.14. The first-order valence-corrected chi connectivity index (χ1v) is 4.69. The lowest BCUT2D eigenvalue weighted by Gasteiger charge is -1.99. The number of allylic oxidation sites excluding steroid dienone is 1. The molecule has 0 saturated carbocycles. The minimum atomic E-state index is -0.344. The number of hydrogen-bond acceptors (Lipinski definition) is 1. The molecule has 1 aromatic carbocycles. The van der Waals surface area contributed by atoms with Crippen molar-refractivity contribution >= 4 is 17.7 Å². The fourth-order valence-electron chi connectivity index (χ4n) is 1.08. The zero-order chi connectivity index (χ0) is 10.4. The van der Waals surface area contributed by atoms with Crippen LogP contribution >= 0.6 is 11.6 Å². The fraction of sp³-hybridized carbons (Fsp3) is 0.182. The van der Waals surface area contributed by atoms with Crippen molar-refractivity contribution in [3.8, 4) is 6.07 Å². The molecule has 0 aliphatic carbocycles. The van der Waals surface area contributed by atoms with Crippen LogP contribution in [0.2, 0.25) is 0 Å². The summed E-state index contributed by atoms with van der Waals surface area (Å²) < 4.78 is 13.2. The van der Waals surface area contributed by atoms with Crippen molar-refractivity contribution in [1.29, 1.82) is 5.26 Å². The molecule has 0 fully saturated rings. The second-order valence-electron chi connectivity index (χ2n) is 2.74. The average molecular weight is 210 g/mol. The van der Waals surface area contributed by atoms with Crippen molar-refractivity contribution < 1.29 is 4.39 Å². The topological polar surface area (TPSA) is 23.8 Å². The van der Waals surface area contributed by atoms with E-state index in [1.54, 1.807) is 24.3 Å². The Balaban J connectivity index is 2.90. The number of halogens is 2. The van der Waals surface area contributed by atoms with Gasteiger partial charge in [-0.3, -0.25) is 0 Å². The summed E-state index contributed by atoms with van der Waals surface area (Å²) in [4.78, 5) is 0. The van der Waals surface area contributed by atoms with Crippen LogP contribution in [0.15, 0.2) is 24.3 Å². The Bertz CT molecular complexity index is 379. The number of nitrogens with zero attached hydrogens (tertiary/aromatic N) is 1. The fourth-order valence-corrected chi connectivity index (χ4v) is 1.17. The smallest absolute Gasteiger partial charge is 0.128 e. The van der Waals surface area contributed by atoms with Crippen LogP contribution in [0, 0.1) is 17.1 Å². The third kappa shape index (κ3) is 2.86. The van der Waals surface area contributed by atoms with Crippen LogP contribution in [-0.4, -0.2) is 5.88 Å². The Morgan fingerprint density at radius 1 is 1.50 bits per heavy atom. The molecule has 14 heavy (non-hydrogen) atoms. The number of hydrogen-bond donors (Lipinski definition) is 0. The van der Waals surface area contributed by atoms with Gasteiger partial charge in [0.15, 0.2) is 0 Å². The minimum absolute atomic E-state index is 0.103. The summed E-state index contributed by atoms with van der Waals surface area (Å²) in [6.07, 6.45) is 3.58. The van der Waals surface area contributed by atoms with Crippen molar-refractivity contribution in [2.24, 2.45) is 0 Å². The maximum Gasteiger partial charge on any atom is 0.128 e. The van der Waals surface area contributed by atoms with Crippen molar-refractivity contribution in [2.45, 2.75) is 6.42 Å². The van der Waals surface area contributed by atoms with Crippen LogP contribution in [0.25, 0.3) is 6.08 Å². The van der Waals surface area contributed by atoms with Crippen LogP contribution in [-0.2, 0) is 6.42 Å². The molecule has 0 amide bonds. The first-order valence-electron chi connectivity index (χ1n) is 4.16. The van der Waals surface area contributed by atoms with Crippen molar-refractivity contribution in [2.75, 3.05) is 5.88 Å². The maximum absolute atomic E-state index is 13.2. The Kier molecular flexibility index (Phi) is 4.15.